The summed E-state index contributed by atoms with van der Waals surface area (Å²) in [7, 11) is -3.82. The van der Waals surface area contributed by atoms with Crippen molar-refractivity contribution in [1.82, 2.24) is 4.31 Å². The minimum Gasteiger partial charge on any atom is -0.460 e. The van der Waals surface area contributed by atoms with Crippen molar-refractivity contribution in [2.24, 2.45) is 5.41 Å². The van der Waals surface area contributed by atoms with Crippen molar-refractivity contribution >= 4 is 16.0 Å². The van der Waals surface area contributed by atoms with Crippen LogP contribution in [0.1, 0.15) is 11.1 Å². The summed E-state index contributed by atoms with van der Waals surface area (Å²) >= 11 is 0. The third-order valence-corrected chi connectivity index (χ3v) is 8.34. The number of ether oxygens (including phenoxy) is 2. The van der Waals surface area contributed by atoms with Gasteiger partial charge in [-0.05, 0) is 30.2 Å². The van der Waals surface area contributed by atoms with Gasteiger partial charge in [0.1, 0.15) is 17.6 Å². The first-order valence-corrected chi connectivity index (χ1v) is 11.6. The maximum Gasteiger partial charge on any atom is 0.321 e. The predicted octanol–water partition coefficient (Wildman–Crippen LogP) is 2.99. The first kappa shape index (κ1) is 20.2. The molecule has 5 rings (SSSR count). The van der Waals surface area contributed by atoms with Crippen LogP contribution in [0.15, 0.2) is 83.8 Å². The van der Waals surface area contributed by atoms with Gasteiger partial charge in [-0.2, -0.15) is 4.31 Å². The molecule has 0 radical (unpaired) electrons. The van der Waals surface area contributed by atoms with Crippen LogP contribution in [0.4, 0.5) is 0 Å². The Hall–Kier alpha value is -2.74. The minimum atomic E-state index is -3.82. The van der Waals surface area contributed by atoms with E-state index in [4.69, 9.17) is 9.47 Å². The SMILES string of the molecule is C=C1[C@@H]2C=C[C@@]3(CN(S(=O)(=O)c4ccc(C)cc4)C[C@@]13C(=O)OCc1ccccc1)O2. The Morgan fingerprint density at radius 3 is 2.58 bits per heavy atom. The number of fused-ring (bicyclic) bond motifs is 1. The number of rotatable bonds is 5. The molecule has 2 fully saturated rings. The second-order valence-corrected chi connectivity index (χ2v) is 10.3. The van der Waals surface area contributed by atoms with Gasteiger partial charge in [0, 0.05) is 13.1 Å². The van der Waals surface area contributed by atoms with Gasteiger partial charge in [0.05, 0.1) is 11.0 Å². The van der Waals surface area contributed by atoms with Crippen LogP contribution >= 0.6 is 0 Å². The molecule has 1 spiro atoms. The van der Waals surface area contributed by atoms with Crippen LogP contribution in [0.2, 0.25) is 0 Å². The number of hydrogen-bond acceptors (Lipinski definition) is 5. The average Bonchev–Trinajstić information content (AvgIpc) is 3.42. The number of sulfonamides is 1. The Morgan fingerprint density at radius 2 is 1.87 bits per heavy atom. The standard InChI is InChI=1S/C24H23NO5S/c1-17-8-10-20(11-9-17)31(27,28)25-15-23-13-12-21(30-23)18(2)24(23,16-25)22(26)29-14-19-6-4-3-5-7-19/h3-13,21H,2,14-16H2,1H3/t21-,23-,24-/m0/s1. The van der Waals surface area contributed by atoms with E-state index in [2.05, 4.69) is 6.58 Å². The van der Waals surface area contributed by atoms with Gasteiger partial charge < -0.3 is 9.47 Å². The third kappa shape index (κ3) is 2.84. The molecule has 0 aliphatic carbocycles. The van der Waals surface area contributed by atoms with Gasteiger partial charge in [0.15, 0.2) is 0 Å². The normalized spacial score (nSPS) is 29.3. The van der Waals surface area contributed by atoms with Crippen LogP contribution in [0.3, 0.4) is 0 Å². The Morgan fingerprint density at radius 1 is 1.16 bits per heavy atom. The number of esters is 1. The average molecular weight is 438 g/mol. The molecule has 0 N–H and O–H groups in total. The molecule has 3 atom stereocenters. The molecular formula is C24H23NO5S. The highest BCUT2D eigenvalue weighted by molar-refractivity contribution is 7.89. The van der Waals surface area contributed by atoms with Gasteiger partial charge in [-0.15, -0.1) is 0 Å². The van der Waals surface area contributed by atoms with E-state index in [-0.39, 0.29) is 24.6 Å². The molecule has 3 heterocycles. The van der Waals surface area contributed by atoms with Crippen molar-refractivity contribution in [3.63, 3.8) is 0 Å². The fourth-order valence-electron chi connectivity index (χ4n) is 4.78. The van der Waals surface area contributed by atoms with E-state index in [1.807, 2.05) is 43.3 Å². The second kappa shape index (κ2) is 6.88. The molecule has 31 heavy (non-hydrogen) atoms. The van der Waals surface area contributed by atoms with E-state index < -0.39 is 33.1 Å². The molecule has 3 aliphatic heterocycles. The van der Waals surface area contributed by atoms with Gasteiger partial charge in [-0.3, -0.25) is 4.79 Å². The minimum absolute atomic E-state index is 0.0374. The van der Waals surface area contributed by atoms with Gasteiger partial charge in [0.25, 0.3) is 0 Å². The van der Waals surface area contributed by atoms with Gasteiger partial charge >= 0.3 is 5.97 Å². The fourth-order valence-corrected chi connectivity index (χ4v) is 6.28. The van der Waals surface area contributed by atoms with Crippen molar-refractivity contribution in [3.8, 4) is 0 Å². The predicted molar refractivity (Wildman–Crippen MR) is 114 cm³/mol. The first-order valence-electron chi connectivity index (χ1n) is 10.1. The van der Waals surface area contributed by atoms with Gasteiger partial charge in [0.2, 0.25) is 10.0 Å². The van der Waals surface area contributed by atoms with E-state index in [9.17, 15) is 13.2 Å². The van der Waals surface area contributed by atoms with E-state index in [0.717, 1.165) is 11.1 Å². The van der Waals surface area contributed by atoms with Crippen molar-refractivity contribution in [2.45, 2.75) is 30.1 Å². The zero-order chi connectivity index (χ0) is 21.9. The molecule has 2 saturated heterocycles. The lowest BCUT2D eigenvalue weighted by molar-refractivity contribution is -0.159. The summed E-state index contributed by atoms with van der Waals surface area (Å²) in [4.78, 5) is 13.6. The van der Waals surface area contributed by atoms with E-state index >= 15 is 0 Å². The highest BCUT2D eigenvalue weighted by Gasteiger charge is 2.73. The number of carbonyl (C=O) groups is 1. The van der Waals surface area contributed by atoms with Gasteiger partial charge in [-0.1, -0.05) is 66.8 Å². The lowest BCUT2D eigenvalue weighted by Crippen LogP contribution is -2.49. The molecule has 3 aliphatic rings. The van der Waals surface area contributed by atoms with Crippen molar-refractivity contribution in [1.29, 1.82) is 0 Å². The van der Waals surface area contributed by atoms with Crippen LogP contribution in [0.25, 0.3) is 0 Å². The summed E-state index contributed by atoms with van der Waals surface area (Å²) in [5.41, 5.74) is 0.0117. The summed E-state index contributed by atoms with van der Waals surface area (Å²) in [6.07, 6.45) is 3.24. The quantitative estimate of drug-likeness (QED) is 0.531. The molecule has 2 aromatic rings. The van der Waals surface area contributed by atoms with Crippen LogP contribution in [-0.2, 0) is 30.9 Å². The van der Waals surface area contributed by atoms with Crippen molar-refractivity contribution < 1.29 is 22.7 Å². The summed E-state index contributed by atoms with van der Waals surface area (Å²) in [6, 6.07) is 16.1. The first-order chi connectivity index (χ1) is 14.8. The number of aryl methyl sites for hydroxylation is 1. The molecule has 0 saturated carbocycles. The number of hydrogen-bond donors (Lipinski definition) is 0. The van der Waals surface area contributed by atoms with E-state index in [1.165, 1.54) is 4.31 Å². The zero-order valence-electron chi connectivity index (χ0n) is 17.2. The van der Waals surface area contributed by atoms with Crippen LogP contribution in [0.5, 0.6) is 0 Å². The second-order valence-electron chi connectivity index (χ2n) is 8.37. The smallest absolute Gasteiger partial charge is 0.321 e. The monoisotopic (exact) mass is 437 g/mol. The lowest BCUT2D eigenvalue weighted by Gasteiger charge is -2.34. The lowest BCUT2D eigenvalue weighted by atomic mass is 9.68. The molecule has 0 aromatic heterocycles. The Kier molecular flexibility index (Phi) is 4.48. The Labute approximate surface area is 181 Å². The molecule has 0 unspecified atom stereocenters. The summed E-state index contributed by atoms with van der Waals surface area (Å²) < 4.78 is 39.9. The largest absolute Gasteiger partial charge is 0.460 e. The molecule has 2 bridgehead atoms. The summed E-state index contributed by atoms with van der Waals surface area (Å²) in [6.45, 7) is 6.10. The van der Waals surface area contributed by atoms with Crippen molar-refractivity contribution in [3.05, 3.63) is 90.0 Å². The number of carbonyl (C=O) groups excluding carboxylic acids is 1. The highest BCUT2D eigenvalue weighted by Crippen LogP contribution is 2.60. The zero-order valence-corrected chi connectivity index (χ0v) is 18.0. The number of benzene rings is 2. The van der Waals surface area contributed by atoms with E-state index in [1.54, 1.807) is 30.3 Å². The maximum atomic E-state index is 13.5. The third-order valence-electron chi connectivity index (χ3n) is 6.54. The molecule has 2 aromatic carbocycles. The fraction of sp³-hybridized carbons (Fsp3) is 0.292. The number of nitrogens with zero attached hydrogens (tertiary/aromatic N) is 1. The molecule has 6 nitrogen and oxygen atoms in total. The molecule has 160 valence electrons. The topological polar surface area (TPSA) is 72.9 Å². The molecular weight excluding hydrogens is 414 g/mol. The Balaban J connectivity index is 1.48. The maximum absolute atomic E-state index is 13.5. The van der Waals surface area contributed by atoms with Crippen LogP contribution in [-0.4, -0.2) is 43.5 Å². The Bertz CT molecular complexity index is 1190. The van der Waals surface area contributed by atoms with Crippen LogP contribution in [0, 0.1) is 12.3 Å². The van der Waals surface area contributed by atoms with Crippen molar-refractivity contribution in [2.75, 3.05) is 13.1 Å². The van der Waals surface area contributed by atoms with Gasteiger partial charge in [-0.25, -0.2) is 8.42 Å². The summed E-state index contributed by atoms with van der Waals surface area (Å²) in [5.74, 6) is -0.505. The molecule has 0 amide bonds. The van der Waals surface area contributed by atoms with E-state index in [0.29, 0.717) is 5.57 Å². The molecule has 7 heteroatoms. The summed E-state index contributed by atoms with van der Waals surface area (Å²) in [5, 5.41) is 0. The highest BCUT2D eigenvalue weighted by atomic mass is 32.2. The van der Waals surface area contributed by atoms with Crippen LogP contribution < -0.4 is 0 Å².